The van der Waals surface area contributed by atoms with Crippen LogP contribution < -0.4 is 10.1 Å². The second-order valence-electron chi connectivity index (χ2n) is 5.52. The van der Waals surface area contributed by atoms with Crippen LogP contribution in [0.5, 0.6) is 6.01 Å². The highest BCUT2D eigenvalue weighted by molar-refractivity contribution is 5.29. The minimum absolute atomic E-state index is 0.141. The van der Waals surface area contributed by atoms with Crippen LogP contribution in [0.1, 0.15) is 32.6 Å². The number of ether oxygens (including phenoxy) is 1. The number of aromatic nitrogens is 3. The number of hydrogen-bond donors (Lipinski definition) is 1. The smallest absolute Gasteiger partial charge is 0.336 e. The fraction of sp³-hybridized carbons (Fsp3) is 0.500. The standard InChI is InChI=1S/C16H22N4O/c1-2-6-15(11-17-13-9-10-13)21-16-18-12-20(19-16)14-7-4-3-5-8-14/h3-5,7-8,12-13,15,17H,2,6,9-11H2,1H3. The molecule has 0 bridgehead atoms. The van der Waals surface area contributed by atoms with Gasteiger partial charge in [-0.1, -0.05) is 31.5 Å². The summed E-state index contributed by atoms with van der Waals surface area (Å²) in [6.45, 7) is 3.04. The Bertz CT molecular complexity index is 550. The Labute approximate surface area is 125 Å². The van der Waals surface area contributed by atoms with E-state index in [1.54, 1.807) is 11.0 Å². The molecule has 1 fully saturated rings. The lowest BCUT2D eigenvalue weighted by molar-refractivity contribution is 0.170. The zero-order valence-electron chi connectivity index (χ0n) is 12.4. The van der Waals surface area contributed by atoms with Gasteiger partial charge in [-0.05, 0) is 31.4 Å². The van der Waals surface area contributed by atoms with Crippen LogP contribution in [-0.4, -0.2) is 33.5 Å². The van der Waals surface area contributed by atoms with Crippen molar-refractivity contribution >= 4 is 0 Å². The van der Waals surface area contributed by atoms with Crippen molar-refractivity contribution in [2.75, 3.05) is 6.54 Å². The average Bonchev–Trinajstić information content (AvgIpc) is 3.23. The quantitative estimate of drug-likeness (QED) is 0.810. The summed E-state index contributed by atoms with van der Waals surface area (Å²) in [6, 6.07) is 11.1. The van der Waals surface area contributed by atoms with Crippen molar-refractivity contribution in [1.29, 1.82) is 0 Å². The van der Waals surface area contributed by atoms with Crippen LogP contribution in [-0.2, 0) is 0 Å². The molecule has 1 heterocycles. The molecule has 0 aliphatic heterocycles. The highest BCUT2D eigenvalue weighted by atomic mass is 16.5. The summed E-state index contributed by atoms with van der Waals surface area (Å²) in [7, 11) is 0. The highest BCUT2D eigenvalue weighted by Crippen LogP contribution is 2.19. The summed E-state index contributed by atoms with van der Waals surface area (Å²) < 4.78 is 7.67. The molecule has 0 saturated heterocycles. The van der Waals surface area contributed by atoms with Gasteiger partial charge in [0.1, 0.15) is 12.4 Å². The van der Waals surface area contributed by atoms with Gasteiger partial charge >= 0.3 is 6.01 Å². The van der Waals surface area contributed by atoms with Crippen molar-refractivity contribution in [3.63, 3.8) is 0 Å². The molecule has 3 rings (SSSR count). The second kappa shape index (κ2) is 6.72. The third-order valence-electron chi connectivity index (χ3n) is 3.59. The Morgan fingerprint density at radius 3 is 2.86 bits per heavy atom. The van der Waals surface area contributed by atoms with Gasteiger partial charge in [0.2, 0.25) is 0 Å². The van der Waals surface area contributed by atoms with E-state index in [0.717, 1.165) is 25.1 Å². The molecule has 1 unspecified atom stereocenters. The topological polar surface area (TPSA) is 52.0 Å². The molecule has 1 N–H and O–H groups in total. The molecule has 1 atom stereocenters. The molecule has 0 spiro atoms. The van der Waals surface area contributed by atoms with Gasteiger partial charge in [-0.15, -0.1) is 5.10 Å². The van der Waals surface area contributed by atoms with Crippen molar-refractivity contribution in [3.05, 3.63) is 36.7 Å². The van der Waals surface area contributed by atoms with Crippen LogP contribution >= 0.6 is 0 Å². The maximum absolute atomic E-state index is 5.93. The zero-order chi connectivity index (χ0) is 14.5. The van der Waals surface area contributed by atoms with Crippen LogP contribution in [0.25, 0.3) is 5.69 Å². The van der Waals surface area contributed by atoms with Gasteiger partial charge in [-0.25, -0.2) is 4.68 Å². The average molecular weight is 286 g/mol. The van der Waals surface area contributed by atoms with Gasteiger partial charge in [-0.3, -0.25) is 0 Å². The largest absolute Gasteiger partial charge is 0.458 e. The molecule has 1 saturated carbocycles. The molecular formula is C16H22N4O. The van der Waals surface area contributed by atoms with Crippen LogP contribution in [0.15, 0.2) is 36.7 Å². The number of para-hydroxylation sites is 1. The monoisotopic (exact) mass is 286 g/mol. The number of nitrogens with one attached hydrogen (secondary N) is 1. The molecule has 21 heavy (non-hydrogen) atoms. The predicted octanol–water partition coefficient (Wildman–Crippen LogP) is 2.57. The van der Waals surface area contributed by atoms with Crippen molar-refractivity contribution in [1.82, 2.24) is 20.1 Å². The minimum Gasteiger partial charge on any atom is -0.458 e. The lowest BCUT2D eigenvalue weighted by Crippen LogP contribution is -2.32. The van der Waals surface area contributed by atoms with E-state index >= 15 is 0 Å². The van der Waals surface area contributed by atoms with Gasteiger partial charge in [0.05, 0.1) is 5.69 Å². The van der Waals surface area contributed by atoms with E-state index in [4.69, 9.17) is 4.74 Å². The maximum Gasteiger partial charge on any atom is 0.336 e. The van der Waals surface area contributed by atoms with E-state index in [9.17, 15) is 0 Å². The van der Waals surface area contributed by atoms with E-state index in [-0.39, 0.29) is 6.10 Å². The summed E-state index contributed by atoms with van der Waals surface area (Å²) in [5.74, 6) is 0. The van der Waals surface area contributed by atoms with Crippen LogP contribution in [0.3, 0.4) is 0 Å². The summed E-state index contributed by atoms with van der Waals surface area (Å²) in [5, 5.41) is 7.91. The Kier molecular flexibility index (Phi) is 4.50. The van der Waals surface area contributed by atoms with Crippen LogP contribution in [0.2, 0.25) is 0 Å². The summed E-state index contributed by atoms with van der Waals surface area (Å²) in [6.07, 6.45) is 6.53. The first-order valence-electron chi connectivity index (χ1n) is 7.72. The van der Waals surface area contributed by atoms with Crippen LogP contribution in [0.4, 0.5) is 0 Å². The van der Waals surface area contributed by atoms with E-state index in [0.29, 0.717) is 12.1 Å². The molecule has 1 aliphatic carbocycles. The SMILES string of the molecule is CCCC(CNC1CC1)Oc1ncn(-c2ccccc2)n1. The Hall–Kier alpha value is -1.88. The van der Waals surface area contributed by atoms with E-state index in [1.165, 1.54) is 12.8 Å². The first-order valence-corrected chi connectivity index (χ1v) is 7.72. The molecule has 2 aromatic rings. The molecule has 0 amide bonds. The summed E-state index contributed by atoms with van der Waals surface area (Å²) in [4.78, 5) is 4.26. The van der Waals surface area contributed by atoms with Gasteiger partial charge in [0.25, 0.3) is 0 Å². The predicted molar refractivity (Wildman–Crippen MR) is 81.7 cm³/mol. The Balaban J connectivity index is 1.61. The van der Waals surface area contributed by atoms with E-state index in [2.05, 4.69) is 22.3 Å². The number of rotatable bonds is 8. The van der Waals surface area contributed by atoms with Crippen molar-refractivity contribution in [2.24, 2.45) is 0 Å². The molecule has 5 heteroatoms. The number of nitrogens with zero attached hydrogens (tertiary/aromatic N) is 3. The fourth-order valence-corrected chi connectivity index (χ4v) is 2.27. The normalized spacial score (nSPS) is 15.9. The van der Waals surface area contributed by atoms with Gasteiger partial charge in [0, 0.05) is 12.6 Å². The van der Waals surface area contributed by atoms with E-state index in [1.807, 2.05) is 30.3 Å². The zero-order valence-corrected chi connectivity index (χ0v) is 12.4. The maximum atomic E-state index is 5.93. The summed E-state index contributed by atoms with van der Waals surface area (Å²) in [5.41, 5.74) is 0.989. The molecular weight excluding hydrogens is 264 g/mol. The van der Waals surface area contributed by atoms with Crippen LogP contribution in [0, 0.1) is 0 Å². The highest BCUT2D eigenvalue weighted by Gasteiger charge is 2.22. The lowest BCUT2D eigenvalue weighted by atomic mass is 10.2. The molecule has 112 valence electrons. The van der Waals surface area contributed by atoms with Gasteiger partial charge in [-0.2, -0.15) is 4.98 Å². The third kappa shape index (κ3) is 4.04. The van der Waals surface area contributed by atoms with Gasteiger partial charge in [0.15, 0.2) is 0 Å². The fourth-order valence-electron chi connectivity index (χ4n) is 2.27. The van der Waals surface area contributed by atoms with Crippen molar-refractivity contribution in [3.8, 4) is 11.7 Å². The van der Waals surface area contributed by atoms with Crippen molar-refractivity contribution < 1.29 is 4.74 Å². The molecule has 1 aromatic carbocycles. The molecule has 0 radical (unpaired) electrons. The molecule has 5 nitrogen and oxygen atoms in total. The summed E-state index contributed by atoms with van der Waals surface area (Å²) >= 11 is 0. The Morgan fingerprint density at radius 2 is 2.14 bits per heavy atom. The first kappa shape index (κ1) is 14.1. The Morgan fingerprint density at radius 1 is 1.33 bits per heavy atom. The van der Waals surface area contributed by atoms with Crippen molar-refractivity contribution in [2.45, 2.75) is 44.8 Å². The first-order chi connectivity index (χ1) is 10.3. The number of hydrogen-bond acceptors (Lipinski definition) is 4. The third-order valence-corrected chi connectivity index (χ3v) is 3.59. The molecule has 1 aliphatic rings. The second-order valence-corrected chi connectivity index (χ2v) is 5.52. The lowest BCUT2D eigenvalue weighted by Gasteiger charge is -2.16. The molecule has 1 aromatic heterocycles. The minimum atomic E-state index is 0.141. The van der Waals surface area contributed by atoms with E-state index < -0.39 is 0 Å². The number of benzene rings is 1. The van der Waals surface area contributed by atoms with Gasteiger partial charge < -0.3 is 10.1 Å².